The average Bonchev–Trinajstić information content (AvgIpc) is 3.30. The lowest BCUT2D eigenvalue weighted by Crippen LogP contribution is -2.45. The van der Waals surface area contributed by atoms with Crippen LogP contribution in [-0.4, -0.2) is 55.8 Å². The van der Waals surface area contributed by atoms with Crippen molar-refractivity contribution in [2.24, 2.45) is 9.86 Å². The van der Waals surface area contributed by atoms with E-state index < -0.39 is 17.3 Å². The molecule has 1 aromatic rings. The van der Waals surface area contributed by atoms with Gasteiger partial charge < -0.3 is 20.9 Å². The predicted octanol–water partition coefficient (Wildman–Crippen LogP) is 2.82. The molecular formula is C21H36F2IN5O3. The highest BCUT2D eigenvalue weighted by molar-refractivity contribution is 14.1. The van der Waals surface area contributed by atoms with E-state index in [-0.39, 0.29) is 30.8 Å². The molecule has 1 fully saturated rings. The van der Waals surface area contributed by atoms with Gasteiger partial charge in [0, 0.05) is 36.0 Å². The van der Waals surface area contributed by atoms with Crippen LogP contribution in [0.4, 0.5) is 14.5 Å². The summed E-state index contributed by atoms with van der Waals surface area (Å²) in [6.45, 7) is 10.0. The first kappa shape index (κ1) is 32.3. The number of likely N-dealkylation sites (tertiary alicyclic amines) is 1. The van der Waals surface area contributed by atoms with Crippen molar-refractivity contribution in [1.82, 2.24) is 15.5 Å². The number of likely N-dealkylation sites (N-methyl/N-ethyl adjacent to an activating group) is 1. The smallest absolute Gasteiger partial charge is 0.241 e. The van der Waals surface area contributed by atoms with Crippen molar-refractivity contribution in [3.8, 4) is 0 Å². The molecule has 1 unspecified atom stereocenters. The van der Waals surface area contributed by atoms with E-state index in [1.165, 1.54) is 6.07 Å². The minimum Gasteiger partial charge on any atom is -0.346 e. The van der Waals surface area contributed by atoms with Gasteiger partial charge in [-0.2, -0.15) is 0 Å². The van der Waals surface area contributed by atoms with Crippen LogP contribution < -0.4 is 19.9 Å². The summed E-state index contributed by atoms with van der Waals surface area (Å²) in [5.74, 6) is -0.844. The highest BCUT2D eigenvalue weighted by Gasteiger charge is 2.19. The van der Waals surface area contributed by atoms with Crippen molar-refractivity contribution in [2.45, 2.75) is 46.6 Å². The maximum absolute atomic E-state index is 12.6. The molecule has 32 heavy (non-hydrogen) atoms. The number of hydrogen-bond donors (Lipinski definition) is 4. The molecule has 0 aromatic heterocycles. The SMILES string of the molecule is CC(C)C.CNC(C)C(=O)NCC(=O)N1CCCC1.NI.O=CNc1c(F)cccc1F. The summed E-state index contributed by atoms with van der Waals surface area (Å²) in [6, 6.07) is 3.10. The number of carbonyl (C=O) groups excluding carboxylic acids is 3. The van der Waals surface area contributed by atoms with Crippen LogP contribution in [0.25, 0.3) is 0 Å². The molecule has 1 saturated heterocycles. The number of para-hydroxylation sites is 1. The third kappa shape index (κ3) is 15.0. The average molecular weight is 571 g/mol. The maximum Gasteiger partial charge on any atom is 0.241 e. The molecule has 184 valence electrons. The van der Waals surface area contributed by atoms with E-state index in [1.54, 1.807) is 41.7 Å². The van der Waals surface area contributed by atoms with E-state index in [0.717, 1.165) is 44.0 Å². The number of benzene rings is 1. The Morgan fingerprint density at radius 1 is 1.12 bits per heavy atom. The number of nitrogens with two attached hydrogens (primary N) is 1. The molecule has 0 aliphatic carbocycles. The number of anilines is 1. The van der Waals surface area contributed by atoms with Crippen molar-refractivity contribution in [2.75, 3.05) is 32.0 Å². The van der Waals surface area contributed by atoms with Gasteiger partial charge in [0.15, 0.2) is 0 Å². The van der Waals surface area contributed by atoms with E-state index in [9.17, 15) is 23.2 Å². The molecule has 5 N–H and O–H groups in total. The van der Waals surface area contributed by atoms with E-state index >= 15 is 0 Å². The van der Waals surface area contributed by atoms with Crippen LogP contribution in [0.2, 0.25) is 0 Å². The molecule has 1 heterocycles. The van der Waals surface area contributed by atoms with Gasteiger partial charge in [0.1, 0.15) is 17.3 Å². The topological polar surface area (TPSA) is 117 Å². The molecule has 1 aliphatic rings. The van der Waals surface area contributed by atoms with Gasteiger partial charge in [0.2, 0.25) is 18.2 Å². The van der Waals surface area contributed by atoms with Crippen molar-refractivity contribution in [3.63, 3.8) is 0 Å². The second kappa shape index (κ2) is 19.8. The van der Waals surface area contributed by atoms with Crippen molar-refractivity contribution < 1.29 is 23.2 Å². The fourth-order valence-corrected chi connectivity index (χ4v) is 2.22. The van der Waals surface area contributed by atoms with Gasteiger partial charge in [0.05, 0.1) is 12.6 Å². The molecule has 2 rings (SSSR count). The summed E-state index contributed by atoms with van der Waals surface area (Å²) >= 11 is 1.65. The molecule has 11 heteroatoms. The van der Waals surface area contributed by atoms with E-state index in [0.29, 0.717) is 0 Å². The Morgan fingerprint density at radius 3 is 2.00 bits per heavy atom. The molecule has 8 nitrogen and oxygen atoms in total. The maximum atomic E-state index is 12.6. The van der Waals surface area contributed by atoms with Crippen molar-refractivity contribution >= 4 is 46.8 Å². The lowest BCUT2D eigenvalue weighted by Gasteiger charge is -2.16. The first-order valence-electron chi connectivity index (χ1n) is 10.2. The van der Waals surface area contributed by atoms with Gasteiger partial charge in [-0.25, -0.2) is 8.78 Å². The molecule has 0 radical (unpaired) electrons. The van der Waals surface area contributed by atoms with Crippen LogP contribution in [0.1, 0.15) is 40.5 Å². The Morgan fingerprint density at radius 2 is 1.59 bits per heavy atom. The summed E-state index contributed by atoms with van der Waals surface area (Å²) < 4.78 is 29.6. The number of nitrogens with zero attached hydrogens (tertiary/aromatic N) is 1. The first-order valence-corrected chi connectivity index (χ1v) is 11.5. The number of hydrogen-bond acceptors (Lipinski definition) is 5. The van der Waals surface area contributed by atoms with Crippen LogP contribution >= 0.6 is 22.9 Å². The second-order valence-electron chi connectivity index (χ2n) is 7.41. The first-order chi connectivity index (χ1) is 15.1. The molecule has 1 atom stereocenters. The Balaban J connectivity index is 0. The van der Waals surface area contributed by atoms with Gasteiger partial charge in [-0.15, -0.1) is 0 Å². The molecule has 3 amide bonds. The van der Waals surface area contributed by atoms with Crippen LogP contribution in [0.15, 0.2) is 18.2 Å². The zero-order valence-electron chi connectivity index (χ0n) is 19.4. The number of nitrogens with one attached hydrogen (secondary N) is 3. The standard InChI is InChI=1S/C10H19N3O2.C7H5F2NO.C4H10.H2IN/c1-8(11-2)10(15)12-7-9(14)13-5-3-4-6-13;8-5-2-1-3-6(9)7(5)10-4-11;1-4(2)3;1-2/h8,11H,3-7H2,1-2H3,(H,12,15);1-4H,(H,10,11);4H,1-3H3;2H2. The molecule has 0 bridgehead atoms. The van der Waals surface area contributed by atoms with Crippen LogP contribution in [-0.2, 0) is 14.4 Å². The van der Waals surface area contributed by atoms with Crippen molar-refractivity contribution in [1.29, 1.82) is 0 Å². The quantitative estimate of drug-likeness (QED) is 0.238. The predicted molar refractivity (Wildman–Crippen MR) is 132 cm³/mol. The minimum atomic E-state index is -0.780. The number of carbonyl (C=O) groups is 3. The summed E-state index contributed by atoms with van der Waals surface area (Å²) in [7, 11) is 1.71. The van der Waals surface area contributed by atoms with Crippen LogP contribution in [0.5, 0.6) is 0 Å². The van der Waals surface area contributed by atoms with E-state index in [4.69, 9.17) is 0 Å². The summed E-state index contributed by atoms with van der Waals surface area (Å²) in [4.78, 5) is 34.5. The van der Waals surface area contributed by atoms with Crippen LogP contribution in [0, 0.1) is 17.6 Å². The third-order valence-electron chi connectivity index (χ3n) is 3.86. The Hall–Kier alpha value is -1.86. The highest BCUT2D eigenvalue weighted by atomic mass is 127. The molecule has 1 aliphatic heterocycles. The Bertz CT molecular complexity index is 652. The third-order valence-corrected chi connectivity index (χ3v) is 3.86. The Kier molecular flexibility index (Phi) is 20.0. The largest absolute Gasteiger partial charge is 0.346 e. The zero-order chi connectivity index (χ0) is 25.1. The molecule has 0 spiro atoms. The Labute approximate surface area is 203 Å². The lowest BCUT2D eigenvalue weighted by molar-refractivity contribution is -0.132. The zero-order valence-corrected chi connectivity index (χ0v) is 21.5. The van der Waals surface area contributed by atoms with E-state index in [1.807, 2.05) is 5.32 Å². The van der Waals surface area contributed by atoms with Gasteiger partial charge in [-0.3, -0.25) is 18.3 Å². The van der Waals surface area contributed by atoms with Crippen molar-refractivity contribution in [3.05, 3.63) is 29.8 Å². The minimum absolute atomic E-state index is 0.0177. The van der Waals surface area contributed by atoms with Gasteiger partial charge >= 0.3 is 0 Å². The summed E-state index contributed by atoms with van der Waals surface area (Å²) in [5.41, 5.74) is -0.414. The molecular weight excluding hydrogens is 535 g/mol. The van der Waals surface area contributed by atoms with E-state index in [2.05, 4.69) is 35.4 Å². The number of amides is 3. The monoisotopic (exact) mass is 571 g/mol. The number of halogens is 3. The summed E-state index contributed by atoms with van der Waals surface area (Å²) in [6.07, 6.45) is 2.38. The normalized spacial score (nSPS) is 12.8. The summed E-state index contributed by atoms with van der Waals surface area (Å²) in [5, 5.41) is 7.35. The molecule has 0 saturated carbocycles. The van der Waals surface area contributed by atoms with Gasteiger partial charge in [-0.1, -0.05) is 26.8 Å². The van der Waals surface area contributed by atoms with Gasteiger partial charge in [-0.05, 0) is 44.9 Å². The van der Waals surface area contributed by atoms with Crippen LogP contribution in [0.3, 0.4) is 0 Å². The highest BCUT2D eigenvalue weighted by Crippen LogP contribution is 2.16. The number of rotatable bonds is 6. The van der Waals surface area contributed by atoms with Gasteiger partial charge in [0.25, 0.3) is 0 Å². The fraction of sp³-hybridized carbons (Fsp3) is 0.571. The lowest BCUT2D eigenvalue weighted by atomic mass is 10.3. The second-order valence-corrected chi connectivity index (χ2v) is 7.41. The fourth-order valence-electron chi connectivity index (χ4n) is 2.22. The molecule has 1 aromatic carbocycles.